The van der Waals surface area contributed by atoms with Crippen LogP contribution in [0.15, 0.2) is 47.6 Å². The van der Waals surface area contributed by atoms with E-state index in [1.807, 2.05) is 18.7 Å². The van der Waals surface area contributed by atoms with Crippen molar-refractivity contribution in [2.24, 2.45) is 5.92 Å². The van der Waals surface area contributed by atoms with E-state index in [2.05, 4.69) is 14.9 Å². The van der Waals surface area contributed by atoms with Gasteiger partial charge in [0.15, 0.2) is 5.03 Å². The van der Waals surface area contributed by atoms with Crippen LogP contribution in [-0.4, -0.2) is 49.2 Å². The number of pyridine rings is 1. The van der Waals surface area contributed by atoms with Crippen LogP contribution in [0, 0.1) is 11.7 Å². The van der Waals surface area contributed by atoms with Crippen LogP contribution >= 0.6 is 0 Å². The van der Waals surface area contributed by atoms with Crippen LogP contribution in [0.4, 0.5) is 10.2 Å². The molecular formula is C25H30FN5O4S. The third kappa shape index (κ3) is 6.20. The Morgan fingerprint density at radius 1 is 1.14 bits per heavy atom. The molecule has 192 valence electrons. The number of hydrogen-bond acceptors (Lipinski definition) is 7. The van der Waals surface area contributed by atoms with Gasteiger partial charge in [-0.25, -0.2) is 14.1 Å². The van der Waals surface area contributed by atoms with Gasteiger partial charge in [0.05, 0.1) is 24.1 Å². The molecule has 3 heterocycles. The van der Waals surface area contributed by atoms with Crippen molar-refractivity contribution in [3.63, 3.8) is 0 Å². The summed E-state index contributed by atoms with van der Waals surface area (Å²) in [6.45, 7) is 5.81. The first-order chi connectivity index (χ1) is 17.2. The Hall–Kier alpha value is -3.47. The molecule has 1 aliphatic rings. The highest BCUT2D eigenvalue weighted by molar-refractivity contribution is 7.90. The number of carbonyl (C=O) groups excluding carboxylic acids is 1. The van der Waals surface area contributed by atoms with Gasteiger partial charge in [0.1, 0.15) is 17.4 Å². The SMILES string of the molecule is CC(C)COc1cc(F)cc(-c2ccc(C(=O)NS(=O)(=O)c3ccn[nH]3)c(N3CCCCCC3)n2)c1. The fourth-order valence-corrected chi connectivity index (χ4v) is 4.87. The van der Waals surface area contributed by atoms with Crippen LogP contribution < -0.4 is 14.4 Å². The number of sulfonamides is 1. The van der Waals surface area contributed by atoms with Crippen molar-refractivity contribution in [2.75, 3.05) is 24.6 Å². The average molecular weight is 516 g/mol. The molecule has 2 aromatic heterocycles. The van der Waals surface area contributed by atoms with Crippen molar-refractivity contribution in [3.8, 4) is 17.0 Å². The molecule has 1 aliphatic heterocycles. The Balaban J connectivity index is 1.71. The van der Waals surface area contributed by atoms with Crippen molar-refractivity contribution >= 4 is 21.7 Å². The van der Waals surface area contributed by atoms with E-state index in [9.17, 15) is 17.6 Å². The number of nitrogens with one attached hydrogen (secondary N) is 2. The van der Waals surface area contributed by atoms with Crippen molar-refractivity contribution in [1.82, 2.24) is 19.9 Å². The topological polar surface area (TPSA) is 117 Å². The first kappa shape index (κ1) is 25.6. The minimum absolute atomic E-state index is 0.122. The number of H-pyrrole nitrogens is 1. The fourth-order valence-electron chi connectivity index (χ4n) is 3.99. The molecule has 0 radical (unpaired) electrons. The van der Waals surface area contributed by atoms with Gasteiger partial charge in [0, 0.05) is 24.7 Å². The molecule has 36 heavy (non-hydrogen) atoms. The number of halogens is 1. The molecule has 0 aliphatic carbocycles. The van der Waals surface area contributed by atoms with Crippen LogP contribution in [0.1, 0.15) is 49.9 Å². The molecule has 1 amide bonds. The van der Waals surface area contributed by atoms with Gasteiger partial charge in [-0.15, -0.1) is 0 Å². The fraction of sp³-hybridized carbons (Fsp3) is 0.400. The molecule has 1 aromatic carbocycles. The molecule has 1 fully saturated rings. The summed E-state index contributed by atoms with van der Waals surface area (Å²) in [5.74, 6) is -0.231. The standard InChI is InChI=1S/C25H30FN5O4S/c1-17(2)16-35-20-14-18(13-19(26)15-20)22-8-7-21(24(28-22)31-11-5-3-4-6-12-31)25(32)30-36(33,34)23-9-10-27-29-23/h7-10,13-15,17H,3-6,11-12,16H2,1-2H3,(H,27,29)(H,30,32). The maximum absolute atomic E-state index is 14.4. The zero-order valence-electron chi connectivity index (χ0n) is 20.3. The molecule has 11 heteroatoms. The highest BCUT2D eigenvalue weighted by atomic mass is 32.2. The lowest BCUT2D eigenvalue weighted by Crippen LogP contribution is -2.34. The molecule has 0 saturated carbocycles. The minimum Gasteiger partial charge on any atom is -0.493 e. The second-order valence-electron chi connectivity index (χ2n) is 9.20. The van der Waals surface area contributed by atoms with Gasteiger partial charge >= 0.3 is 0 Å². The smallest absolute Gasteiger partial charge is 0.281 e. The number of ether oxygens (including phenoxy) is 1. The average Bonchev–Trinajstić information content (AvgIpc) is 3.26. The third-order valence-corrected chi connectivity index (χ3v) is 7.03. The molecule has 3 aromatic rings. The van der Waals surface area contributed by atoms with Gasteiger partial charge in [-0.3, -0.25) is 9.89 Å². The first-order valence-electron chi connectivity index (χ1n) is 12.0. The molecule has 0 bridgehead atoms. The van der Waals surface area contributed by atoms with E-state index < -0.39 is 21.7 Å². The summed E-state index contributed by atoms with van der Waals surface area (Å²) in [7, 11) is -4.14. The Kier molecular flexibility index (Phi) is 7.88. The summed E-state index contributed by atoms with van der Waals surface area (Å²) in [6.07, 6.45) is 5.26. The molecular weight excluding hydrogens is 485 g/mol. The van der Waals surface area contributed by atoms with E-state index in [1.165, 1.54) is 30.5 Å². The number of rotatable bonds is 8. The van der Waals surface area contributed by atoms with Crippen LogP contribution in [-0.2, 0) is 10.0 Å². The van der Waals surface area contributed by atoms with Crippen molar-refractivity contribution in [1.29, 1.82) is 0 Å². The predicted octanol–water partition coefficient (Wildman–Crippen LogP) is 4.14. The molecule has 2 N–H and O–H groups in total. The maximum atomic E-state index is 14.4. The summed E-state index contributed by atoms with van der Waals surface area (Å²) >= 11 is 0. The normalized spacial score (nSPS) is 14.5. The summed E-state index contributed by atoms with van der Waals surface area (Å²) in [5.41, 5.74) is 1.08. The van der Waals surface area contributed by atoms with Gasteiger partial charge in [-0.1, -0.05) is 26.7 Å². The highest BCUT2D eigenvalue weighted by Crippen LogP contribution is 2.30. The number of aromatic amines is 1. The molecule has 0 spiro atoms. The number of nitrogens with zero attached hydrogens (tertiary/aromatic N) is 3. The quantitative estimate of drug-likeness (QED) is 0.463. The summed E-state index contributed by atoms with van der Waals surface area (Å²) in [4.78, 5) is 19.9. The van der Waals surface area contributed by atoms with Crippen LogP contribution in [0.2, 0.25) is 0 Å². The number of amides is 1. The van der Waals surface area contributed by atoms with Gasteiger partial charge in [-0.2, -0.15) is 13.5 Å². The van der Waals surface area contributed by atoms with Gasteiger partial charge in [0.25, 0.3) is 15.9 Å². The molecule has 0 unspecified atom stereocenters. The van der Waals surface area contributed by atoms with E-state index in [4.69, 9.17) is 9.72 Å². The molecule has 1 saturated heterocycles. The van der Waals surface area contributed by atoms with Crippen molar-refractivity contribution in [2.45, 2.75) is 44.6 Å². The van der Waals surface area contributed by atoms with Crippen molar-refractivity contribution in [3.05, 3.63) is 54.0 Å². The van der Waals surface area contributed by atoms with Crippen LogP contribution in [0.5, 0.6) is 5.75 Å². The number of carbonyl (C=O) groups is 1. The number of benzene rings is 1. The maximum Gasteiger partial charge on any atom is 0.281 e. The second kappa shape index (κ2) is 11.1. The summed E-state index contributed by atoms with van der Waals surface area (Å²) in [5, 5.41) is 5.77. The number of aromatic nitrogens is 3. The predicted molar refractivity (Wildman–Crippen MR) is 134 cm³/mol. The largest absolute Gasteiger partial charge is 0.493 e. The van der Waals surface area contributed by atoms with Gasteiger partial charge in [-0.05, 0) is 49.1 Å². The summed E-state index contributed by atoms with van der Waals surface area (Å²) in [6, 6.07) is 8.76. The van der Waals surface area contributed by atoms with E-state index >= 15 is 0 Å². The minimum atomic E-state index is -4.14. The van der Waals surface area contributed by atoms with Gasteiger partial charge in [0.2, 0.25) is 0 Å². The second-order valence-corrected chi connectivity index (χ2v) is 10.9. The Bertz CT molecular complexity index is 1300. The monoisotopic (exact) mass is 515 g/mol. The molecule has 4 rings (SSSR count). The number of hydrogen-bond donors (Lipinski definition) is 2. The van der Waals surface area contributed by atoms with E-state index in [0.717, 1.165) is 25.7 Å². The Morgan fingerprint density at radius 2 is 1.89 bits per heavy atom. The zero-order chi connectivity index (χ0) is 25.7. The number of anilines is 1. The Labute approximate surface area is 210 Å². The lowest BCUT2D eigenvalue weighted by molar-refractivity contribution is 0.0981. The van der Waals surface area contributed by atoms with Crippen LogP contribution in [0.3, 0.4) is 0 Å². The van der Waals surface area contributed by atoms with Crippen LogP contribution in [0.25, 0.3) is 11.3 Å². The molecule has 0 atom stereocenters. The van der Waals surface area contributed by atoms with Crippen molar-refractivity contribution < 1.29 is 22.3 Å². The highest BCUT2D eigenvalue weighted by Gasteiger charge is 2.25. The molecule has 9 nitrogen and oxygen atoms in total. The third-order valence-electron chi connectivity index (χ3n) is 5.77. The van der Waals surface area contributed by atoms with Gasteiger partial charge < -0.3 is 9.64 Å². The van der Waals surface area contributed by atoms with E-state index in [0.29, 0.717) is 42.5 Å². The van der Waals surface area contributed by atoms with E-state index in [-0.39, 0.29) is 16.5 Å². The van der Waals surface area contributed by atoms with E-state index in [1.54, 1.807) is 12.1 Å². The zero-order valence-corrected chi connectivity index (χ0v) is 21.1. The lowest BCUT2D eigenvalue weighted by atomic mass is 10.1. The summed E-state index contributed by atoms with van der Waals surface area (Å²) < 4.78 is 47.4. The lowest BCUT2D eigenvalue weighted by Gasteiger charge is -2.24. The first-order valence-corrected chi connectivity index (χ1v) is 13.5. The Morgan fingerprint density at radius 3 is 2.56 bits per heavy atom.